The number of ether oxygens (including phenoxy) is 1. The minimum atomic E-state index is -0.894. The quantitative estimate of drug-likeness (QED) is 0.536. The van der Waals surface area contributed by atoms with Gasteiger partial charge in [0, 0.05) is 11.3 Å². The van der Waals surface area contributed by atoms with Gasteiger partial charge in [-0.15, -0.1) is 0 Å². The molecule has 0 bridgehead atoms. The van der Waals surface area contributed by atoms with E-state index in [-0.39, 0.29) is 17.9 Å². The van der Waals surface area contributed by atoms with Crippen molar-refractivity contribution in [1.29, 1.82) is 0 Å². The Kier molecular flexibility index (Phi) is 5.45. The number of carbonyl (C=O) groups is 4. The molecule has 5 amide bonds. The SMILES string of the molecule is O=C(COc1ccccc1C=C1C(=O)NC(=O)NC1=O)Nc1ccc(F)cc1. The smallest absolute Gasteiger partial charge is 0.328 e. The zero-order chi connectivity index (χ0) is 20.1. The molecule has 1 aliphatic heterocycles. The maximum atomic E-state index is 12.9. The van der Waals surface area contributed by atoms with Gasteiger partial charge in [-0.25, -0.2) is 9.18 Å². The Morgan fingerprint density at radius 1 is 1.00 bits per heavy atom. The van der Waals surface area contributed by atoms with Crippen LogP contribution in [0, 0.1) is 5.82 Å². The highest BCUT2D eigenvalue weighted by Gasteiger charge is 2.28. The van der Waals surface area contributed by atoms with E-state index in [1.807, 2.05) is 10.6 Å². The molecule has 0 radical (unpaired) electrons. The van der Waals surface area contributed by atoms with Crippen LogP contribution in [0.15, 0.2) is 54.1 Å². The van der Waals surface area contributed by atoms with Crippen molar-refractivity contribution in [3.63, 3.8) is 0 Å². The second-order valence-electron chi connectivity index (χ2n) is 5.68. The average Bonchev–Trinajstić information content (AvgIpc) is 2.65. The van der Waals surface area contributed by atoms with Gasteiger partial charge < -0.3 is 10.1 Å². The molecule has 142 valence electrons. The first-order valence-electron chi connectivity index (χ1n) is 8.08. The lowest BCUT2D eigenvalue weighted by atomic mass is 10.1. The Balaban J connectivity index is 1.70. The van der Waals surface area contributed by atoms with Gasteiger partial charge >= 0.3 is 6.03 Å². The van der Waals surface area contributed by atoms with Gasteiger partial charge in [0.15, 0.2) is 6.61 Å². The van der Waals surface area contributed by atoms with E-state index < -0.39 is 29.6 Å². The van der Waals surface area contributed by atoms with Gasteiger partial charge in [0.25, 0.3) is 17.7 Å². The molecule has 1 heterocycles. The fraction of sp³-hybridized carbons (Fsp3) is 0.0526. The number of anilines is 1. The Hall–Kier alpha value is -4.01. The second-order valence-corrected chi connectivity index (χ2v) is 5.68. The molecule has 1 fully saturated rings. The van der Waals surface area contributed by atoms with Crippen LogP contribution in [0.5, 0.6) is 5.75 Å². The summed E-state index contributed by atoms with van der Waals surface area (Å²) < 4.78 is 18.4. The van der Waals surface area contributed by atoms with Gasteiger partial charge in [0.05, 0.1) is 0 Å². The summed E-state index contributed by atoms with van der Waals surface area (Å²) in [5.74, 6) is -2.32. The molecule has 2 aromatic carbocycles. The van der Waals surface area contributed by atoms with E-state index >= 15 is 0 Å². The number of para-hydroxylation sites is 1. The maximum absolute atomic E-state index is 12.9. The normalized spacial score (nSPS) is 13.5. The minimum Gasteiger partial charge on any atom is -0.483 e. The van der Waals surface area contributed by atoms with Crippen LogP contribution in [0.4, 0.5) is 14.9 Å². The van der Waals surface area contributed by atoms with Crippen LogP contribution < -0.4 is 20.7 Å². The van der Waals surface area contributed by atoms with Crippen LogP contribution in [0.1, 0.15) is 5.56 Å². The summed E-state index contributed by atoms with van der Waals surface area (Å²) in [6, 6.07) is 10.8. The van der Waals surface area contributed by atoms with Crippen molar-refractivity contribution in [2.45, 2.75) is 0 Å². The van der Waals surface area contributed by atoms with Gasteiger partial charge in [-0.3, -0.25) is 25.0 Å². The van der Waals surface area contributed by atoms with Crippen molar-refractivity contribution in [2.24, 2.45) is 0 Å². The standard InChI is InChI=1S/C19H14FN3O5/c20-12-5-7-13(8-6-12)21-16(24)10-28-15-4-2-1-3-11(15)9-14-17(25)22-19(27)23-18(14)26/h1-9H,10H2,(H,21,24)(H2,22,23,25,26,27). The lowest BCUT2D eigenvalue weighted by molar-refractivity contribution is -0.124. The fourth-order valence-corrected chi connectivity index (χ4v) is 2.37. The molecule has 0 saturated carbocycles. The number of benzene rings is 2. The first-order chi connectivity index (χ1) is 13.4. The van der Waals surface area contributed by atoms with Crippen LogP contribution in [-0.4, -0.2) is 30.4 Å². The first kappa shape index (κ1) is 18.8. The molecule has 9 heteroatoms. The lowest BCUT2D eigenvalue weighted by Gasteiger charge is -2.15. The summed E-state index contributed by atoms with van der Waals surface area (Å²) in [5, 5.41) is 6.49. The van der Waals surface area contributed by atoms with Crippen molar-refractivity contribution in [3.05, 3.63) is 65.5 Å². The largest absolute Gasteiger partial charge is 0.483 e. The molecular formula is C19H14FN3O5. The summed E-state index contributed by atoms with van der Waals surface area (Å²) in [5.41, 5.74) is 0.503. The Morgan fingerprint density at radius 3 is 2.32 bits per heavy atom. The molecule has 0 atom stereocenters. The number of barbiturate groups is 1. The van der Waals surface area contributed by atoms with Crippen molar-refractivity contribution >= 4 is 35.5 Å². The Bertz CT molecular complexity index is 963. The molecule has 3 N–H and O–H groups in total. The van der Waals surface area contributed by atoms with E-state index in [9.17, 15) is 23.6 Å². The van der Waals surface area contributed by atoms with Gasteiger partial charge in [0.2, 0.25) is 0 Å². The van der Waals surface area contributed by atoms with E-state index in [0.717, 1.165) is 0 Å². The molecule has 28 heavy (non-hydrogen) atoms. The van der Waals surface area contributed by atoms with Crippen molar-refractivity contribution < 1.29 is 28.3 Å². The third kappa shape index (κ3) is 4.58. The summed E-state index contributed by atoms with van der Waals surface area (Å²) in [6.45, 7) is -0.353. The molecular weight excluding hydrogens is 369 g/mol. The third-order valence-electron chi connectivity index (χ3n) is 3.65. The summed E-state index contributed by atoms with van der Waals surface area (Å²) >= 11 is 0. The van der Waals surface area contributed by atoms with Crippen LogP contribution in [0.25, 0.3) is 6.08 Å². The second kappa shape index (κ2) is 8.12. The fourth-order valence-electron chi connectivity index (χ4n) is 2.37. The van der Waals surface area contributed by atoms with Crippen molar-refractivity contribution in [1.82, 2.24) is 10.6 Å². The summed E-state index contributed by atoms with van der Waals surface area (Å²) in [6.07, 6.45) is 1.25. The zero-order valence-corrected chi connectivity index (χ0v) is 14.3. The highest BCUT2D eigenvalue weighted by Crippen LogP contribution is 2.22. The molecule has 0 spiro atoms. The average molecular weight is 383 g/mol. The number of hydrogen-bond acceptors (Lipinski definition) is 5. The molecule has 1 saturated heterocycles. The Labute approximate surface area is 158 Å². The molecule has 2 aromatic rings. The predicted octanol–water partition coefficient (Wildman–Crippen LogP) is 1.59. The minimum absolute atomic E-state index is 0.252. The van der Waals surface area contributed by atoms with Crippen LogP contribution >= 0.6 is 0 Å². The van der Waals surface area contributed by atoms with Crippen LogP contribution in [0.2, 0.25) is 0 Å². The number of imide groups is 2. The number of halogens is 1. The molecule has 3 rings (SSSR count). The molecule has 0 aliphatic carbocycles. The number of rotatable bonds is 5. The topological polar surface area (TPSA) is 114 Å². The van der Waals surface area contributed by atoms with Gasteiger partial charge in [0.1, 0.15) is 17.1 Å². The van der Waals surface area contributed by atoms with E-state index in [4.69, 9.17) is 4.74 Å². The van der Waals surface area contributed by atoms with Gasteiger partial charge in [-0.05, 0) is 36.4 Å². The van der Waals surface area contributed by atoms with Crippen LogP contribution in [-0.2, 0) is 14.4 Å². The van der Waals surface area contributed by atoms with Crippen molar-refractivity contribution in [3.8, 4) is 5.75 Å². The monoisotopic (exact) mass is 383 g/mol. The number of hydrogen-bond donors (Lipinski definition) is 3. The number of amides is 5. The number of urea groups is 1. The summed E-state index contributed by atoms with van der Waals surface area (Å²) in [7, 11) is 0. The molecule has 1 aliphatic rings. The molecule has 0 unspecified atom stereocenters. The van der Waals surface area contributed by atoms with Crippen molar-refractivity contribution in [2.75, 3.05) is 11.9 Å². The first-order valence-corrected chi connectivity index (χ1v) is 8.08. The van der Waals surface area contributed by atoms with E-state index in [2.05, 4.69) is 5.32 Å². The number of nitrogens with one attached hydrogen (secondary N) is 3. The molecule has 8 nitrogen and oxygen atoms in total. The van der Waals surface area contributed by atoms with E-state index in [1.54, 1.807) is 24.3 Å². The highest BCUT2D eigenvalue weighted by atomic mass is 19.1. The molecule has 0 aromatic heterocycles. The lowest BCUT2D eigenvalue weighted by Crippen LogP contribution is -2.51. The maximum Gasteiger partial charge on any atom is 0.328 e. The van der Waals surface area contributed by atoms with E-state index in [0.29, 0.717) is 11.3 Å². The highest BCUT2D eigenvalue weighted by molar-refractivity contribution is 6.31. The van der Waals surface area contributed by atoms with Crippen LogP contribution in [0.3, 0.4) is 0 Å². The summed E-state index contributed by atoms with van der Waals surface area (Å²) in [4.78, 5) is 46.8. The van der Waals surface area contributed by atoms with Gasteiger partial charge in [-0.2, -0.15) is 0 Å². The van der Waals surface area contributed by atoms with Gasteiger partial charge in [-0.1, -0.05) is 18.2 Å². The van der Waals surface area contributed by atoms with E-state index in [1.165, 1.54) is 30.3 Å². The number of carbonyl (C=O) groups excluding carboxylic acids is 4. The predicted molar refractivity (Wildman–Crippen MR) is 96.6 cm³/mol. The third-order valence-corrected chi connectivity index (χ3v) is 3.65. The Morgan fingerprint density at radius 2 is 1.64 bits per heavy atom. The zero-order valence-electron chi connectivity index (χ0n) is 14.3.